The fraction of sp³-hybridized carbons (Fsp3) is 0.714. The van der Waals surface area contributed by atoms with Gasteiger partial charge in [-0.05, 0) is 32.6 Å². The Labute approximate surface area is 129 Å². The topological polar surface area (TPSA) is 81.5 Å². The fourth-order valence-electron chi connectivity index (χ4n) is 2.95. The van der Waals surface area contributed by atoms with Crippen LogP contribution in [0.15, 0.2) is 15.1 Å². The Kier molecular flexibility index (Phi) is 4.28. The molecule has 0 radical (unpaired) electrons. The average molecular weight is 306 g/mol. The maximum atomic E-state index is 6.10. The molecule has 1 aromatic rings. The minimum absolute atomic E-state index is 0.173. The highest BCUT2D eigenvalue weighted by atomic mass is 32.2. The minimum Gasteiger partial charge on any atom is -0.369 e. The Morgan fingerprint density at radius 2 is 2.19 bits per heavy atom. The second kappa shape index (κ2) is 6.17. The van der Waals surface area contributed by atoms with E-state index in [2.05, 4.69) is 34.0 Å². The summed E-state index contributed by atoms with van der Waals surface area (Å²) in [5, 5.41) is 9.53. The summed E-state index contributed by atoms with van der Waals surface area (Å²) in [4.78, 5) is 9.12. The van der Waals surface area contributed by atoms with Gasteiger partial charge in [0.05, 0.1) is 6.04 Å². The normalized spacial score (nSPS) is 25.2. The molecule has 0 fully saturated rings. The van der Waals surface area contributed by atoms with Crippen molar-refractivity contribution in [3.63, 3.8) is 0 Å². The summed E-state index contributed by atoms with van der Waals surface area (Å²) in [5.74, 6) is 2.63. The number of rotatable bonds is 4. The van der Waals surface area contributed by atoms with Gasteiger partial charge in [0.2, 0.25) is 5.96 Å². The van der Waals surface area contributed by atoms with Crippen LogP contribution in [0.1, 0.15) is 51.3 Å². The summed E-state index contributed by atoms with van der Waals surface area (Å²) < 4.78 is 1.92. The standard InChI is InChI=1S/C14H22N6S/c1-3-11-9(2)17-13(15)20-12(11)18-19-14(20)21-8-10-6-4-5-7-16-10/h9,11H,3-8H2,1-2H3,(H2,15,17). The van der Waals surface area contributed by atoms with E-state index < -0.39 is 0 Å². The number of nitrogens with zero attached hydrogens (tertiary/aromatic N) is 5. The number of aliphatic imine (C=N–C) groups is 2. The summed E-state index contributed by atoms with van der Waals surface area (Å²) in [6.07, 6.45) is 4.56. The number of fused-ring (bicyclic) bond motifs is 1. The van der Waals surface area contributed by atoms with Crippen LogP contribution in [0.3, 0.4) is 0 Å². The lowest BCUT2D eigenvalue weighted by molar-refractivity contribution is 0.500. The first kappa shape index (κ1) is 14.6. The Balaban J connectivity index is 1.80. The van der Waals surface area contributed by atoms with Gasteiger partial charge in [-0.2, -0.15) is 0 Å². The van der Waals surface area contributed by atoms with Crippen molar-refractivity contribution in [3.8, 4) is 0 Å². The predicted molar refractivity (Wildman–Crippen MR) is 86.4 cm³/mol. The van der Waals surface area contributed by atoms with Gasteiger partial charge in [-0.15, -0.1) is 10.2 Å². The van der Waals surface area contributed by atoms with Crippen molar-refractivity contribution in [1.29, 1.82) is 0 Å². The van der Waals surface area contributed by atoms with Crippen LogP contribution in [0.4, 0.5) is 0 Å². The van der Waals surface area contributed by atoms with Gasteiger partial charge < -0.3 is 5.73 Å². The second-order valence-corrected chi connectivity index (χ2v) is 6.56. The summed E-state index contributed by atoms with van der Waals surface area (Å²) in [6, 6.07) is 0.173. The van der Waals surface area contributed by atoms with Crippen LogP contribution in [0.2, 0.25) is 0 Å². The summed E-state index contributed by atoms with van der Waals surface area (Å²) >= 11 is 1.66. The lowest BCUT2D eigenvalue weighted by Crippen LogP contribution is -2.35. The van der Waals surface area contributed by atoms with Crippen molar-refractivity contribution in [2.45, 2.75) is 56.6 Å². The van der Waals surface area contributed by atoms with Gasteiger partial charge >= 0.3 is 0 Å². The smallest absolute Gasteiger partial charge is 0.203 e. The van der Waals surface area contributed by atoms with Gasteiger partial charge in [0.1, 0.15) is 5.82 Å². The van der Waals surface area contributed by atoms with Crippen LogP contribution in [0, 0.1) is 0 Å². The number of aromatic nitrogens is 3. The maximum absolute atomic E-state index is 6.10. The quantitative estimate of drug-likeness (QED) is 0.863. The van der Waals surface area contributed by atoms with E-state index in [1.165, 1.54) is 18.6 Å². The summed E-state index contributed by atoms with van der Waals surface area (Å²) in [7, 11) is 0. The largest absolute Gasteiger partial charge is 0.369 e. The number of hydrogen-bond donors (Lipinski definition) is 1. The van der Waals surface area contributed by atoms with Gasteiger partial charge in [-0.3, -0.25) is 4.99 Å². The lowest BCUT2D eigenvalue weighted by Gasteiger charge is -2.25. The van der Waals surface area contributed by atoms with Gasteiger partial charge in [0.15, 0.2) is 5.16 Å². The molecule has 0 aromatic carbocycles. The van der Waals surface area contributed by atoms with Gasteiger partial charge in [-0.25, -0.2) is 9.56 Å². The van der Waals surface area contributed by atoms with Crippen molar-refractivity contribution >= 4 is 23.4 Å². The van der Waals surface area contributed by atoms with E-state index in [0.29, 0.717) is 11.9 Å². The van der Waals surface area contributed by atoms with E-state index >= 15 is 0 Å². The molecule has 3 rings (SSSR count). The molecule has 21 heavy (non-hydrogen) atoms. The van der Waals surface area contributed by atoms with E-state index in [9.17, 15) is 0 Å². The van der Waals surface area contributed by atoms with E-state index in [1.807, 2.05) is 4.57 Å². The van der Waals surface area contributed by atoms with Crippen molar-refractivity contribution in [1.82, 2.24) is 14.8 Å². The molecule has 0 amide bonds. The van der Waals surface area contributed by atoms with E-state index in [1.54, 1.807) is 11.8 Å². The van der Waals surface area contributed by atoms with Gasteiger partial charge in [0, 0.05) is 23.9 Å². The molecule has 0 aliphatic carbocycles. The number of thioether (sulfide) groups is 1. The Bertz CT molecular complexity index is 576. The fourth-order valence-corrected chi connectivity index (χ4v) is 3.89. The highest BCUT2D eigenvalue weighted by molar-refractivity contribution is 7.99. The van der Waals surface area contributed by atoms with Crippen molar-refractivity contribution < 1.29 is 0 Å². The average Bonchev–Trinajstić information content (AvgIpc) is 2.91. The molecular weight excluding hydrogens is 284 g/mol. The first-order valence-electron chi connectivity index (χ1n) is 7.64. The predicted octanol–water partition coefficient (Wildman–Crippen LogP) is 2.05. The third-order valence-corrected chi connectivity index (χ3v) is 5.15. The number of hydrogen-bond acceptors (Lipinski definition) is 6. The first-order valence-corrected chi connectivity index (χ1v) is 8.63. The number of nitrogens with two attached hydrogens (primary N) is 1. The van der Waals surface area contributed by atoms with Crippen LogP contribution >= 0.6 is 11.8 Å². The van der Waals surface area contributed by atoms with Crippen LogP contribution in [0.25, 0.3) is 0 Å². The Hall–Kier alpha value is -1.37. The Morgan fingerprint density at radius 3 is 2.90 bits per heavy atom. The van der Waals surface area contributed by atoms with Gasteiger partial charge in [0.25, 0.3) is 0 Å². The molecular formula is C14H22N6S. The van der Waals surface area contributed by atoms with Crippen LogP contribution < -0.4 is 5.73 Å². The zero-order valence-electron chi connectivity index (χ0n) is 12.6. The maximum Gasteiger partial charge on any atom is 0.203 e. The molecule has 2 unspecified atom stereocenters. The van der Waals surface area contributed by atoms with E-state index in [4.69, 9.17) is 5.73 Å². The second-order valence-electron chi connectivity index (χ2n) is 5.61. The molecule has 0 saturated carbocycles. The van der Waals surface area contributed by atoms with Crippen molar-refractivity contribution in [2.24, 2.45) is 15.7 Å². The summed E-state index contributed by atoms with van der Waals surface area (Å²) in [6.45, 7) is 5.20. The zero-order valence-corrected chi connectivity index (χ0v) is 13.4. The van der Waals surface area contributed by atoms with E-state index in [0.717, 1.165) is 36.1 Å². The molecule has 2 aliphatic rings. The first-order chi connectivity index (χ1) is 10.2. The Morgan fingerprint density at radius 1 is 1.33 bits per heavy atom. The van der Waals surface area contributed by atoms with Crippen LogP contribution in [-0.2, 0) is 0 Å². The molecule has 0 saturated heterocycles. The van der Waals surface area contributed by atoms with E-state index in [-0.39, 0.29) is 6.04 Å². The molecule has 6 nitrogen and oxygen atoms in total. The van der Waals surface area contributed by atoms with Gasteiger partial charge in [-0.1, -0.05) is 18.7 Å². The lowest BCUT2D eigenvalue weighted by atomic mass is 9.97. The highest BCUT2D eigenvalue weighted by Gasteiger charge is 2.30. The third-order valence-electron chi connectivity index (χ3n) is 4.15. The molecule has 2 atom stereocenters. The van der Waals surface area contributed by atoms with Crippen LogP contribution in [-0.4, -0.2) is 44.8 Å². The van der Waals surface area contributed by atoms with Crippen molar-refractivity contribution in [2.75, 3.05) is 12.3 Å². The minimum atomic E-state index is 0.173. The third kappa shape index (κ3) is 2.84. The molecule has 114 valence electrons. The molecule has 2 N–H and O–H groups in total. The molecule has 0 spiro atoms. The molecule has 7 heteroatoms. The highest BCUT2D eigenvalue weighted by Crippen LogP contribution is 2.30. The summed E-state index contributed by atoms with van der Waals surface area (Å²) in [5.41, 5.74) is 7.37. The molecule has 3 heterocycles. The molecule has 1 aromatic heterocycles. The molecule has 2 aliphatic heterocycles. The monoisotopic (exact) mass is 306 g/mol. The SMILES string of the molecule is CCC1c2nnc(SCC3=NCCCC3)n2C(N)=NC1C. The van der Waals surface area contributed by atoms with Crippen molar-refractivity contribution in [3.05, 3.63) is 5.82 Å². The van der Waals surface area contributed by atoms with Crippen LogP contribution in [0.5, 0.6) is 0 Å². The zero-order chi connectivity index (χ0) is 14.8. The molecule has 0 bridgehead atoms.